The molecule has 2 amide bonds. The van der Waals surface area contributed by atoms with Crippen molar-refractivity contribution in [2.75, 3.05) is 10.6 Å². The molecule has 334 valence electrons. The van der Waals surface area contributed by atoms with E-state index in [0.717, 1.165) is 24.3 Å². The molecule has 0 fully saturated rings. The number of amides is 2. The fraction of sp³-hybridized carbons (Fsp3) is 0.389. The van der Waals surface area contributed by atoms with Crippen LogP contribution in [0.1, 0.15) is 43.4 Å². The smallest absolute Gasteiger partial charge is 0.393 e. The fourth-order valence-corrected chi connectivity index (χ4v) is 8.85. The average Bonchev–Trinajstić information content (AvgIpc) is 3.16. The van der Waals surface area contributed by atoms with E-state index in [-0.39, 0.29) is 59.0 Å². The Morgan fingerprint density at radius 3 is 1.46 bits per heavy atom. The number of nitrogens with one attached hydrogen (secondary N) is 2. The Labute approximate surface area is 353 Å². The number of carbonyl (C=O) groups excluding carboxylic acids is 2. The van der Waals surface area contributed by atoms with E-state index in [2.05, 4.69) is 46.7 Å². The summed E-state index contributed by atoms with van der Waals surface area (Å²) in [5.41, 5.74) is -11.8. The van der Waals surface area contributed by atoms with E-state index in [0.29, 0.717) is 28.7 Å². The summed E-state index contributed by atoms with van der Waals surface area (Å²) < 4.78 is 168. The van der Waals surface area contributed by atoms with Crippen molar-refractivity contribution >= 4 is 59.0 Å². The molecule has 2 heterocycles. The average molecular weight is 986 g/mol. The van der Waals surface area contributed by atoms with Gasteiger partial charge in [0.15, 0.2) is 13.5 Å². The molecule has 0 spiro atoms. The number of hydrogen-bond donors (Lipinski definition) is 3. The molecule has 0 saturated carbocycles. The van der Waals surface area contributed by atoms with E-state index >= 15 is 0 Å². The summed E-state index contributed by atoms with van der Waals surface area (Å²) in [6.45, 7) is 4.63. The third-order valence-electron chi connectivity index (χ3n) is 9.10. The highest BCUT2D eigenvalue weighted by Gasteiger charge is 2.75. The van der Waals surface area contributed by atoms with Gasteiger partial charge in [0.05, 0.1) is 23.0 Å². The van der Waals surface area contributed by atoms with Crippen molar-refractivity contribution in [2.45, 2.75) is 87.7 Å². The lowest BCUT2D eigenvalue weighted by Gasteiger charge is -2.44. The Balaban J connectivity index is 0.000000334. The third-order valence-corrected chi connectivity index (χ3v) is 14.3. The van der Waals surface area contributed by atoms with Gasteiger partial charge in [-0.1, -0.05) is 56.6 Å². The van der Waals surface area contributed by atoms with Gasteiger partial charge in [-0.3, -0.25) is 9.59 Å². The standard InChI is InChI=1S/C21H24ClF6N3O2Si.C15H10BrF6N3O2/c1-4-34(5-2,6-3)33-19(20(23,24)25,21(26,27)28)14-7-9-15(10-8-14)29-18(32)13-16-11-12-17(22)31-30-16;16-9-6-23-11(24-7-9)5-12(26)25-10-3-1-8(2-4-10)13(27,14(17,18)19)15(20,21)22/h7-12H,4-6,13H2,1-3H3,(H,29,32);1-4,6-7,27H,5H2,(H,25,26). The third kappa shape index (κ3) is 12.2. The quantitative estimate of drug-likeness (QED) is 0.0889. The molecule has 0 aliphatic rings. The van der Waals surface area contributed by atoms with E-state index in [1.807, 2.05) is 0 Å². The molecule has 0 aliphatic carbocycles. The van der Waals surface area contributed by atoms with Crippen molar-refractivity contribution in [3.63, 3.8) is 0 Å². The summed E-state index contributed by atoms with van der Waals surface area (Å²) in [4.78, 5) is 31.8. The maximum Gasteiger partial charge on any atom is 0.430 e. The van der Waals surface area contributed by atoms with Crippen molar-refractivity contribution in [3.05, 3.63) is 105 Å². The van der Waals surface area contributed by atoms with E-state index < -0.39 is 67.2 Å². The molecule has 25 heteroatoms. The first-order chi connectivity index (χ1) is 28.1. The lowest BCUT2D eigenvalue weighted by atomic mass is 9.92. The second-order valence-corrected chi connectivity index (χ2v) is 19.0. The molecular formula is C36H34BrClF12N6O4Si. The SMILES string of the molecule is CC[Si](CC)(CC)OC(c1ccc(NC(=O)Cc2ccc(Cl)nn2)cc1)(C(F)(F)F)C(F)(F)F.O=C(Cc1ncc(Br)cn1)Nc1ccc(C(O)(C(F)(F)F)C(F)(F)F)cc1. The van der Waals surface area contributed by atoms with Crippen LogP contribution in [0.5, 0.6) is 0 Å². The molecule has 0 saturated heterocycles. The fourth-order valence-electron chi connectivity index (χ4n) is 5.61. The number of aromatic nitrogens is 4. The first kappa shape index (κ1) is 51.0. The van der Waals surface area contributed by atoms with Crippen LogP contribution >= 0.6 is 27.5 Å². The lowest BCUT2D eigenvalue weighted by molar-refractivity contribution is -0.376. The summed E-state index contributed by atoms with van der Waals surface area (Å²) in [6.07, 6.45) is -21.2. The van der Waals surface area contributed by atoms with Crippen LogP contribution in [-0.4, -0.2) is 70.1 Å². The topological polar surface area (TPSA) is 139 Å². The molecule has 61 heavy (non-hydrogen) atoms. The van der Waals surface area contributed by atoms with Crippen LogP contribution in [0, 0.1) is 0 Å². The van der Waals surface area contributed by atoms with Crippen molar-refractivity contribution in [1.82, 2.24) is 20.2 Å². The Morgan fingerprint density at radius 2 is 1.08 bits per heavy atom. The van der Waals surface area contributed by atoms with Crippen LogP contribution in [0.4, 0.5) is 64.1 Å². The number of halogens is 14. The molecule has 10 nitrogen and oxygen atoms in total. The van der Waals surface area contributed by atoms with Gasteiger partial charge in [0.25, 0.3) is 11.2 Å². The zero-order valence-corrected chi connectivity index (χ0v) is 35.1. The monoisotopic (exact) mass is 984 g/mol. The number of anilines is 2. The maximum atomic E-state index is 14.2. The molecule has 4 rings (SSSR count). The zero-order chi connectivity index (χ0) is 46.2. The van der Waals surface area contributed by atoms with E-state index in [9.17, 15) is 67.4 Å². The Bertz CT molecular complexity index is 2030. The van der Waals surface area contributed by atoms with Gasteiger partial charge in [-0.15, -0.1) is 5.10 Å². The molecule has 0 atom stereocenters. The van der Waals surface area contributed by atoms with Gasteiger partial charge in [0.2, 0.25) is 11.8 Å². The predicted molar refractivity (Wildman–Crippen MR) is 202 cm³/mol. The normalized spacial score (nSPS) is 13.0. The number of aliphatic hydroxyl groups is 1. The van der Waals surface area contributed by atoms with Gasteiger partial charge in [-0.05, 0) is 70.5 Å². The van der Waals surface area contributed by atoms with Crippen LogP contribution in [-0.2, 0) is 38.1 Å². The molecule has 3 N–H and O–H groups in total. The minimum atomic E-state index is -5.98. The minimum absolute atomic E-state index is 0.0129. The van der Waals surface area contributed by atoms with Crippen molar-refractivity contribution in [2.24, 2.45) is 0 Å². The Morgan fingerprint density at radius 1 is 0.656 bits per heavy atom. The highest BCUT2D eigenvalue weighted by atomic mass is 79.9. The van der Waals surface area contributed by atoms with E-state index in [4.69, 9.17) is 16.0 Å². The van der Waals surface area contributed by atoms with Crippen LogP contribution in [0.3, 0.4) is 0 Å². The maximum absolute atomic E-state index is 14.2. The highest BCUT2D eigenvalue weighted by Crippen LogP contribution is 2.55. The summed E-state index contributed by atoms with van der Waals surface area (Å²) in [5.74, 6) is -1.06. The first-order valence-corrected chi connectivity index (χ1v) is 21.2. The first-order valence-electron chi connectivity index (χ1n) is 17.5. The van der Waals surface area contributed by atoms with Gasteiger partial charge in [0, 0.05) is 34.9 Å². The zero-order valence-electron chi connectivity index (χ0n) is 31.7. The molecule has 4 aromatic rings. The van der Waals surface area contributed by atoms with Crippen molar-refractivity contribution in [1.29, 1.82) is 0 Å². The largest absolute Gasteiger partial charge is 0.430 e. The molecule has 0 bridgehead atoms. The molecular weight excluding hydrogens is 952 g/mol. The molecule has 2 aromatic carbocycles. The summed E-state index contributed by atoms with van der Waals surface area (Å²) in [7, 11) is -3.37. The second kappa shape index (κ2) is 19.8. The minimum Gasteiger partial charge on any atom is -0.393 e. The van der Waals surface area contributed by atoms with Crippen LogP contribution in [0.15, 0.2) is 77.5 Å². The summed E-state index contributed by atoms with van der Waals surface area (Å²) in [6, 6.07) is 8.98. The van der Waals surface area contributed by atoms with Gasteiger partial charge < -0.3 is 20.2 Å². The lowest BCUT2D eigenvalue weighted by Crippen LogP contribution is -2.61. The molecule has 0 radical (unpaired) electrons. The summed E-state index contributed by atoms with van der Waals surface area (Å²) in [5, 5.41) is 21.4. The van der Waals surface area contributed by atoms with Crippen LogP contribution in [0.25, 0.3) is 0 Å². The van der Waals surface area contributed by atoms with Crippen molar-refractivity contribution < 1.29 is 71.8 Å². The molecule has 2 aromatic heterocycles. The number of rotatable bonds is 13. The van der Waals surface area contributed by atoms with Gasteiger partial charge in [-0.25, -0.2) is 9.97 Å². The number of carbonyl (C=O) groups is 2. The number of alkyl halides is 12. The number of benzene rings is 2. The molecule has 0 unspecified atom stereocenters. The Kier molecular flexibility index (Phi) is 16.5. The van der Waals surface area contributed by atoms with Crippen LogP contribution in [0.2, 0.25) is 23.3 Å². The predicted octanol–water partition coefficient (Wildman–Crippen LogP) is 10.4. The Hall–Kier alpha value is -4.39. The van der Waals surface area contributed by atoms with E-state index in [1.165, 1.54) is 24.5 Å². The second-order valence-electron chi connectivity index (χ2n) is 13.0. The van der Waals surface area contributed by atoms with Gasteiger partial charge in [0.1, 0.15) is 5.82 Å². The summed E-state index contributed by atoms with van der Waals surface area (Å²) >= 11 is 8.73. The number of nitrogens with zero attached hydrogens (tertiary/aromatic N) is 4. The van der Waals surface area contributed by atoms with E-state index in [1.54, 1.807) is 20.8 Å². The van der Waals surface area contributed by atoms with Crippen molar-refractivity contribution in [3.8, 4) is 0 Å². The highest BCUT2D eigenvalue weighted by molar-refractivity contribution is 9.10. The molecule has 0 aliphatic heterocycles. The van der Waals surface area contributed by atoms with Gasteiger partial charge >= 0.3 is 24.7 Å². The number of hydrogen-bond acceptors (Lipinski definition) is 8. The van der Waals surface area contributed by atoms with Crippen LogP contribution < -0.4 is 10.6 Å². The van der Waals surface area contributed by atoms with Gasteiger partial charge in [-0.2, -0.15) is 57.8 Å².